The number of nitrogens with zero attached hydrogens (tertiary/aromatic N) is 3. The molecular formula is C20H22Cl2N4O2. The number of rotatable bonds is 5. The number of aryl methyl sites for hydroxylation is 1. The molecule has 0 spiro atoms. The van der Waals surface area contributed by atoms with E-state index in [1.165, 1.54) is 4.90 Å². The second kappa shape index (κ2) is 8.07. The fourth-order valence-corrected chi connectivity index (χ4v) is 3.89. The summed E-state index contributed by atoms with van der Waals surface area (Å²) in [6.07, 6.45) is 0. The lowest BCUT2D eigenvalue weighted by atomic mass is 9.93. The van der Waals surface area contributed by atoms with Crippen molar-refractivity contribution in [3.8, 4) is 11.1 Å². The molecule has 0 atom stereocenters. The van der Waals surface area contributed by atoms with Gasteiger partial charge in [0.05, 0.1) is 17.8 Å². The second-order valence-electron chi connectivity index (χ2n) is 6.77. The highest BCUT2D eigenvalue weighted by molar-refractivity contribution is 6.36. The van der Waals surface area contributed by atoms with Crippen LogP contribution >= 0.6 is 23.2 Å². The van der Waals surface area contributed by atoms with Gasteiger partial charge in [-0.15, -0.1) is 0 Å². The Labute approximate surface area is 174 Å². The maximum Gasteiger partial charge on any atom is 0.257 e. The standard InChI is InChI=1S/C20H22Cl2N4O2/c1-4-25(3)17(27)10-26-9-16-19(20(26)28)18(14(8-23)11(2)24-16)13-6-5-12(21)7-15(13)22/h5-7H,4,8-10,23H2,1-3H3. The number of carbonyl (C=O) groups is 2. The minimum atomic E-state index is -0.240. The third-order valence-electron chi connectivity index (χ3n) is 5.05. The number of carbonyl (C=O) groups excluding carboxylic acids is 2. The van der Waals surface area contributed by atoms with Crippen LogP contribution in [0.25, 0.3) is 11.1 Å². The Hall–Kier alpha value is -2.15. The van der Waals surface area contributed by atoms with Crippen molar-refractivity contribution in [2.45, 2.75) is 26.9 Å². The maximum absolute atomic E-state index is 13.2. The van der Waals surface area contributed by atoms with E-state index in [1.807, 2.05) is 13.8 Å². The fourth-order valence-electron chi connectivity index (χ4n) is 3.38. The van der Waals surface area contributed by atoms with Crippen LogP contribution in [0.4, 0.5) is 0 Å². The minimum Gasteiger partial charge on any atom is -0.345 e. The van der Waals surface area contributed by atoms with Crippen molar-refractivity contribution in [1.29, 1.82) is 0 Å². The predicted molar refractivity (Wildman–Crippen MR) is 110 cm³/mol. The van der Waals surface area contributed by atoms with Gasteiger partial charge in [0.25, 0.3) is 5.91 Å². The smallest absolute Gasteiger partial charge is 0.257 e. The van der Waals surface area contributed by atoms with E-state index in [0.29, 0.717) is 39.0 Å². The van der Waals surface area contributed by atoms with Gasteiger partial charge < -0.3 is 15.5 Å². The van der Waals surface area contributed by atoms with Crippen LogP contribution in [0.3, 0.4) is 0 Å². The number of benzene rings is 1. The first-order valence-electron chi connectivity index (χ1n) is 8.99. The zero-order valence-corrected chi connectivity index (χ0v) is 17.6. The second-order valence-corrected chi connectivity index (χ2v) is 7.61. The molecule has 2 N–H and O–H groups in total. The number of fused-ring (bicyclic) bond motifs is 1. The molecule has 0 bridgehead atoms. The molecule has 3 rings (SSSR count). The molecule has 2 aromatic rings. The van der Waals surface area contributed by atoms with Crippen LogP contribution in [0.2, 0.25) is 10.0 Å². The predicted octanol–water partition coefficient (Wildman–Crippen LogP) is 3.26. The number of aromatic nitrogens is 1. The van der Waals surface area contributed by atoms with E-state index in [9.17, 15) is 9.59 Å². The molecule has 28 heavy (non-hydrogen) atoms. The van der Waals surface area contributed by atoms with E-state index in [1.54, 1.807) is 30.1 Å². The highest BCUT2D eigenvalue weighted by Crippen LogP contribution is 2.39. The molecule has 1 aliphatic rings. The van der Waals surface area contributed by atoms with Gasteiger partial charge in [-0.05, 0) is 31.5 Å². The molecule has 8 heteroatoms. The summed E-state index contributed by atoms with van der Waals surface area (Å²) in [7, 11) is 1.71. The van der Waals surface area contributed by atoms with Crippen LogP contribution in [0.15, 0.2) is 18.2 Å². The summed E-state index contributed by atoms with van der Waals surface area (Å²) in [5.41, 5.74) is 9.94. The Morgan fingerprint density at radius 2 is 2.04 bits per heavy atom. The molecule has 1 aromatic heterocycles. The zero-order valence-electron chi connectivity index (χ0n) is 16.1. The lowest BCUT2D eigenvalue weighted by Crippen LogP contribution is -2.38. The van der Waals surface area contributed by atoms with Crippen molar-refractivity contribution < 1.29 is 9.59 Å². The lowest BCUT2D eigenvalue weighted by Gasteiger charge is -2.20. The molecule has 2 amide bonds. The topological polar surface area (TPSA) is 79.5 Å². The Kier molecular flexibility index (Phi) is 5.93. The Bertz CT molecular complexity index is 962. The van der Waals surface area contributed by atoms with Gasteiger partial charge in [0.2, 0.25) is 5.91 Å². The van der Waals surface area contributed by atoms with Gasteiger partial charge in [-0.2, -0.15) is 0 Å². The lowest BCUT2D eigenvalue weighted by molar-refractivity contribution is -0.130. The van der Waals surface area contributed by atoms with E-state index in [2.05, 4.69) is 4.98 Å². The summed E-state index contributed by atoms with van der Waals surface area (Å²) in [6, 6.07) is 5.14. The first kappa shape index (κ1) is 20.6. The SMILES string of the molecule is CCN(C)C(=O)CN1Cc2nc(C)c(CN)c(-c3ccc(Cl)cc3Cl)c2C1=O. The van der Waals surface area contributed by atoms with Crippen molar-refractivity contribution in [3.63, 3.8) is 0 Å². The quantitative estimate of drug-likeness (QED) is 0.804. The van der Waals surface area contributed by atoms with Gasteiger partial charge in [-0.1, -0.05) is 29.3 Å². The van der Waals surface area contributed by atoms with Crippen LogP contribution in [0.5, 0.6) is 0 Å². The molecule has 1 aromatic carbocycles. The van der Waals surface area contributed by atoms with Crippen molar-refractivity contribution >= 4 is 35.0 Å². The molecular weight excluding hydrogens is 399 g/mol. The zero-order chi connectivity index (χ0) is 20.6. The molecule has 6 nitrogen and oxygen atoms in total. The van der Waals surface area contributed by atoms with Crippen molar-refractivity contribution in [1.82, 2.24) is 14.8 Å². The number of pyridine rings is 1. The van der Waals surface area contributed by atoms with Crippen LogP contribution < -0.4 is 5.73 Å². The van der Waals surface area contributed by atoms with Crippen LogP contribution in [0.1, 0.15) is 34.2 Å². The largest absolute Gasteiger partial charge is 0.345 e. The first-order chi connectivity index (χ1) is 13.3. The van der Waals surface area contributed by atoms with Crippen LogP contribution in [-0.4, -0.2) is 46.7 Å². The van der Waals surface area contributed by atoms with E-state index in [0.717, 1.165) is 11.3 Å². The molecule has 0 fully saturated rings. The highest BCUT2D eigenvalue weighted by atomic mass is 35.5. The highest BCUT2D eigenvalue weighted by Gasteiger charge is 2.35. The number of likely N-dealkylation sites (N-methyl/N-ethyl adjacent to an activating group) is 1. The summed E-state index contributed by atoms with van der Waals surface area (Å²) in [5, 5.41) is 0.940. The van der Waals surface area contributed by atoms with E-state index >= 15 is 0 Å². The summed E-state index contributed by atoms with van der Waals surface area (Å²) < 4.78 is 0. The summed E-state index contributed by atoms with van der Waals surface area (Å²) in [4.78, 5) is 33.2. The molecule has 0 aliphatic carbocycles. The number of halogens is 2. The average molecular weight is 421 g/mol. The molecule has 0 radical (unpaired) electrons. The van der Waals surface area contributed by atoms with Crippen LogP contribution in [0, 0.1) is 6.92 Å². The number of hydrogen-bond acceptors (Lipinski definition) is 4. The van der Waals surface area contributed by atoms with E-state index < -0.39 is 0 Å². The van der Waals surface area contributed by atoms with Crippen molar-refractivity contribution in [2.24, 2.45) is 5.73 Å². The normalized spacial score (nSPS) is 13.1. The minimum absolute atomic E-state index is 0.00429. The van der Waals surface area contributed by atoms with E-state index in [4.69, 9.17) is 28.9 Å². The molecule has 0 unspecified atom stereocenters. The van der Waals surface area contributed by atoms with Crippen LogP contribution in [-0.2, 0) is 17.9 Å². The fraction of sp³-hybridized carbons (Fsp3) is 0.350. The van der Waals surface area contributed by atoms with Gasteiger partial charge in [0, 0.05) is 47.0 Å². The van der Waals surface area contributed by atoms with Gasteiger partial charge in [-0.3, -0.25) is 14.6 Å². The first-order valence-corrected chi connectivity index (χ1v) is 9.75. The maximum atomic E-state index is 13.2. The van der Waals surface area contributed by atoms with Gasteiger partial charge in [-0.25, -0.2) is 0 Å². The number of nitrogens with two attached hydrogens (primary N) is 1. The molecule has 1 aliphatic heterocycles. The Morgan fingerprint density at radius 1 is 1.32 bits per heavy atom. The number of hydrogen-bond donors (Lipinski definition) is 1. The molecule has 2 heterocycles. The molecule has 0 saturated carbocycles. The van der Waals surface area contributed by atoms with Crippen molar-refractivity contribution in [3.05, 3.63) is 50.8 Å². The molecule has 148 valence electrons. The van der Waals surface area contributed by atoms with E-state index in [-0.39, 0.29) is 31.4 Å². The van der Waals surface area contributed by atoms with Gasteiger partial charge >= 0.3 is 0 Å². The molecule has 0 saturated heterocycles. The summed E-state index contributed by atoms with van der Waals surface area (Å²) >= 11 is 12.5. The summed E-state index contributed by atoms with van der Waals surface area (Å²) in [5.74, 6) is -0.360. The van der Waals surface area contributed by atoms with Crippen molar-refractivity contribution in [2.75, 3.05) is 20.1 Å². The average Bonchev–Trinajstić information content (AvgIpc) is 2.95. The third-order valence-corrected chi connectivity index (χ3v) is 5.60. The van der Waals surface area contributed by atoms with Gasteiger partial charge in [0.1, 0.15) is 6.54 Å². The third kappa shape index (κ3) is 3.60. The Balaban J connectivity index is 2.12. The summed E-state index contributed by atoms with van der Waals surface area (Å²) in [6.45, 7) is 4.82. The van der Waals surface area contributed by atoms with Gasteiger partial charge in [0.15, 0.2) is 0 Å². The monoisotopic (exact) mass is 420 g/mol. The Morgan fingerprint density at radius 3 is 2.64 bits per heavy atom. The number of amides is 2.